The number of amides is 2. The third kappa shape index (κ3) is 5.58. The molecule has 1 saturated carbocycles. The van der Waals surface area contributed by atoms with Gasteiger partial charge < -0.3 is 20.0 Å². The van der Waals surface area contributed by atoms with E-state index in [2.05, 4.69) is 15.2 Å². The number of nitrogens with zero attached hydrogens (tertiary/aromatic N) is 5. The van der Waals surface area contributed by atoms with E-state index in [9.17, 15) is 22.8 Å². The van der Waals surface area contributed by atoms with Crippen molar-refractivity contribution >= 4 is 17.6 Å². The quantitative estimate of drug-likeness (QED) is 0.484. The summed E-state index contributed by atoms with van der Waals surface area (Å²) in [6, 6.07) is 2.43. The van der Waals surface area contributed by atoms with Crippen LogP contribution >= 0.6 is 0 Å². The van der Waals surface area contributed by atoms with Crippen LogP contribution in [-0.2, 0) is 27.7 Å². The first kappa shape index (κ1) is 29.8. The highest BCUT2D eigenvalue weighted by atomic mass is 19.4. The van der Waals surface area contributed by atoms with Crippen LogP contribution < -0.4 is 5.32 Å². The minimum Gasteiger partial charge on any atom is -0.363 e. The lowest BCUT2D eigenvalue weighted by molar-refractivity contribution is -0.143. The molecule has 2 aromatic rings. The highest BCUT2D eigenvalue weighted by Crippen LogP contribution is 2.44. The summed E-state index contributed by atoms with van der Waals surface area (Å²) >= 11 is 0. The van der Waals surface area contributed by atoms with Gasteiger partial charge in [0.1, 0.15) is 22.9 Å². The van der Waals surface area contributed by atoms with E-state index in [1.807, 2.05) is 16.8 Å². The topological polar surface area (TPSA) is 81.7 Å². The first-order chi connectivity index (χ1) is 20.4. The lowest BCUT2D eigenvalue weighted by Gasteiger charge is -2.47. The van der Waals surface area contributed by atoms with Crippen molar-refractivity contribution in [2.24, 2.45) is 11.8 Å². The van der Waals surface area contributed by atoms with Gasteiger partial charge in [-0.2, -0.15) is 13.2 Å². The van der Waals surface area contributed by atoms with E-state index in [1.54, 1.807) is 13.8 Å². The maximum absolute atomic E-state index is 15.1. The summed E-state index contributed by atoms with van der Waals surface area (Å²) in [7, 11) is 1.98. The zero-order valence-corrected chi connectivity index (χ0v) is 24.8. The third-order valence-electron chi connectivity index (χ3n) is 9.46. The maximum atomic E-state index is 15.1. The predicted octanol–water partition coefficient (Wildman–Crippen LogP) is 4.68. The van der Waals surface area contributed by atoms with E-state index in [1.165, 1.54) is 12.1 Å². The van der Waals surface area contributed by atoms with Crippen LogP contribution in [0.4, 0.5) is 23.4 Å². The number of hydrogen-bond donors (Lipinski definition) is 1. The zero-order valence-electron chi connectivity index (χ0n) is 24.8. The second kappa shape index (κ2) is 11.0. The number of anilines is 1. The lowest BCUT2D eigenvalue weighted by atomic mass is 9.71. The number of aromatic nitrogens is 2. The largest absolute Gasteiger partial charge is 0.419 e. The van der Waals surface area contributed by atoms with Gasteiger partial charge in [0, 0.05) is 43.2 Å². The number of carbonyl (C=O) groups is 2. The molecule has 1 aliphatic carbocycles. The molecule has 0 radical (unpaired) electrons. The van der Waals surface area contributed by atoms with Gasteiger partial charge in [0.05, 0.1) is 23.8 Å². The minimum absolute atomic E-state index is 0.0135. The molecule has 1 aromatic heterocycles. The highest BCUT2D eigenvalue weighted by molar-refractivity contribution is 5.91. The van der Waals surface area contributed by atoms with E-state index < -0.39 is 29.0 Å². The molecule has 1 spiro atoms. The van der Waals surface area contributed by atoms with E-state index in [0.717, 1.165) is 38.3 Å². The maximum Gasteiger partial charge on any atom is 0.419 e. The number of carbonyl (C=O) groups excluding carboxylic acids is 2. The average molecular weight is 603 g/mol. The first-order valence-corrected chi connectivity index (χ1v) is 15.1. The molecule has 4 heterocycles. The van der Waals surface area contributed by atoms with Crippen molar-refractivity contribution in [2.45, 2.75) is 70.1 Å². The Bertz CT molecular complexity index is 1430. The number of likely N-dealkylation sites (tertiary alicyclic amines) is 2. The Morgan fingerprint density at radius 3 is 2.65 bits per heavy atom. The number of likely N-dealkylation sites (N-methyl/N-ethyl adjacent to an activating group) is 1. The van der Waals surface area contributed by atoms with Crippen LogP contribution in [0.25, 0.3) is 0 Å². The molecule has 232 valence electrons. The molecule has 2 saturated heterocycles. The van der Waals surface area contributed by atoms with Gasteiger partial charge in [-0.3, -0.25) is 9.59 Å². The van der Waals surface area contributed by atoms with Gasteiger partial charge in [0.25, 0.3) is 0 Å². The first-order valence-electron chi connectivity index (χ1n) is 15.1. The Morgan fingerprint density at radius 2 is 1.95 bits per heavy atom. The van der Waals surface area contributed by atoms with Gasteiger partial charge in [-0.25, -0.2) is 14.4 Å². The number of hydrogen-bond acceptors (Lipinski definition) is 6. The van der Waals surface area contributed by atoms with Gasteiger partial charge in [-0.15, -0.1) is 0 Å². The van der Waals surface area contributed by atoms with Crippen LogP contribution in [0.2, 0.25) is 0 Å². The molecule has 6 rings (SSSR count). The van der Waals surface area contributed by atoms with Crippen molar-refractivity contribution in [2.75, 3.05) is 45.1 Å². The number of fused-ring (bicyclic) bond motifs is 2. The van der Waals surface area contributed by atoms with Gasteiger partial charge in [-0.1, -0.05) is 12.1 Å². The summed E-state index contributed by atoms with van der Waals surface area (Å²) < 4.78 is 55.4. The van der Waals surface area contributed by atoms with Crippen molar-refractivity contribution in [1.29, 1.82) is 0 Å². The van der Waals surface area contributed by atoms with E-state index in [0.29, 0.717) is 55.5 Å². The van der Waals surface area contributed by atoms with Gasteiger partial charge in [0.2, 0.25) is 11.8 Å². The molecule has 1 aromatic carbocycles. The van der Waals surface area contributed by atoms with Crippen molar-refractivity contribution in [3.8, 4) is 0 Å². The van der Waals surface area contributed by atoms with Crippen molar-refractivity contribution < 1.29 is 27.2 Å². The van der Waals surface area contributed by atoms with Crippen LogP contribution in [0.5, 0.6) is 0 Å². The highest BCUT2D eigenvalue weighted by Gasteiger charge is 2.52. The number of halogens is 4. The molecule has 4 aliphatic rings. The Labute approximate surface area is 248 Å². The molecule has 43 heavy (non-hydrogen) atoms. The molecule has 8 nitrogen and oxygen atoms in total. The second-order valence-corrected chi connectivity index (χ2v) is 12.8. The van der Waals surface area contributed by atoms with Gasteiger partial charge >= 0.3 is 6.18 Å². The zero-order chi connectivity index (χ0) is 30.7. The summed E-state index contributed by atoms with van der Waals surface area (Å²) in [5.74, 6) is 0.0383. The van der Waals surface area contributed by atoms with Gasteiger partial charge in [-0.05, 0) is 71.5 Å². The van der Waals surface area contributed by atoms with Crippen LogP contribution in [0, 0.1) is 24.6 Å². The molecular weight excluding hydrogens is 564 g/mol. The minimum atomic E-state index is -4.82. The lowest BCUT2D eigenvalue weighted by Crippen LogP contribution is -2.59. The summed E-state index contributed by atoms with van der Waals surface area (Å²) in [4.78, 5) is 42.4. The normalized spacial score (nSPS) is 25.3. The number of rotatable bonds is 6. The smallest absolute Gasteiger partial charge is 0.363 e. The fourth-order valence-electron chi connectivity index (χ4n) is 7.18. The molecule has 2 amide bonds. The van der Waals surface area contributed by atoms with Crippen molar-refractivity contribution in [3.05, 3.63) is 52.2 Å². The monoisotopic (exact) mass is 602 g/mol. The van der Waals surface area contributed by atoms with Crippen LogP contribution in [0.1, 0.15) is 73.3 Å². The Hall–Kier alpha value is -3.28. The van der Waals surface area contributed by atoms with Crippen LogP contribution in [0.3, 0.4) is 0 Å². The third-order valence-corrected chi connectivity index (χ3v) is 9.46. The van der Waals surface area contributed by atoms with Crippen LogP contribution in [0.15, 0.2) is 18.2 Å². The Balaban J connectivity index is 1.33. The summed E-state index contributed by atoms with van der Waals surface area (Å²) in [5.41, 5.74) is -0.974. The molecular formula is C31H38F4N6O2. The van der Waals surface area contributed by atoms with Crippen molar-refractivity contribution in [3.63, 3.8) is 0 Å². The number of aryl methyl sites for hydroxylation is 1. The molecule has 0 bridgehead atoms. The Kier molecular flexibility index (Phi) is 7.63. The summed E-state index contributed by atoms with van der Waals surface area (Å²) in [6.45, 7) is 6.70. The summed E-state index contributed by atoms with van der Waals surface area (Å²) in [5, 5.41) is 3.19. The standard InChI is InChI=1S/C31H38F4N6O2/c1-18(22-6-4-7-24(25(22)32)31(33,34)35)36-27-23-16-41(15-20-10-13-40(14-20)28(42)21-8-9-21)29(43)30(11-5-12-39(3)17-30)26(23)37-19(2)38-27/h4,6-7,18,20-21H,5,8-17H2,1-3H3,(H,36,37,38)/t18-,20?,30?/m1/s1. The molecule has 2 unspecified atom stereocenters. The molecule has 12 heteroatoms. The van der Waals surface area contributed by atoms with E-state index in [-0.39, 0.29) is 35.8 Å². The fraction of sp³-hybridized carbons (Fsp3) is 0.613. The summed E-state index contributed by atoms with van der Waals surface area (Å²) in [6.07, 6.45) is -0.664. The predicted molar refractivity (Wildman–Crippen MR) is 151 cm³/mol. The van der Waals surface area contributed by atoms with E-state index in [4.69, 9.17) is 4.98 Å². The Morgan fingerprint density at radius 1 is 1.19 bits per heavy atom. The number of alkyl halides is 3. The molecule has 1 N–H and O–H groups in total. The van der Waals surface area contributed by atoms with Crippen molar-refractivity contribution in [1.82, 2.24) is 24.7 Å². The number of nitrogens with one attached hydrogen (secondary N) is 1. The SMILES string of the molecule is Cc1nc(N[C@H](C)c2cccc(C(F)(F)F)c2F)c2c(n1)C1(CCCN(C)C1)C(=O)N(CC1CCN(C(=O)C3CC3)C1)C2. The van der Waals surface area contributed by atoms with E-state index >= 15 is 4.39 Å². The number of benzene rings is 1. The average Bonchev–Trinajstić information content (AvgIpc) is 3.69. The van der Waals surface area contributed by atoms with Gasteiger partial charge in [0.15, 0.2) is 0 Å². The second-order valence-electron chi connectivity index (χ2n) is 12.8. The molecule has 3 fully saturated rings. The fourth-order valence-corrected chi connectivity index (χ4v) is 7.18. The molecule has 3 atom stereocenters. The molecule has 3 aliphatic heterocycles. The number of piperidine rings is 1. The van der Waals surface area contributed by atoms with Crippen LogP contribution in [-0.4, -0.2) is 76.3 Å².